The molecule has 0 spiro atoms. The Labute approximate surface area is 121 Å². The smallest absolute Gasteiger partial charge is 0.122 e. The molecule has 4 nitrogen and oxygen atoms in total. The third-order valence-electron chi connectivity index (χ3n) is 3.62. The van der Waals surface area contributed by atoms with Gasteiger partial charge in [0, 0.05) is 12.6 Å². The third kappa shape index (κ3) is 3.72. The van der Waals surface area contributed by atoms with E-state index in [1.807, 2.05) is 19.1 Å². The van der Waals surface area contributed by atoms with E-state index in [9.17, 15) is 5.11 Å². The van der Waals surface area contributed by atoms with E-state index in [-0.39, 0.29) is 6.61 Å². The first-order valence-electron chi connectivity index (χ1n) is 7.50. The lowest BCUT2D eigenvalue weighted by molar-refractivity contribution is 0.0163. The summed E-state index contributed by atoms with van der Waals surface area (Å²) in [6, 6.07) is 6.62. The maximum Gasteiger partial charge on any atom is 0.122 e. The minimum Gasteiger partial charge on any atom is -0.491 e. The molecule has 112 valence electrons. The molecule has 0 saturated carbocycles. The van der Waals surface area contributed by atoms with Gasteiger partial charge in [0.05, 0.1) is 6.61 Å². The zero-order valence-corrected chi connectivity index (χ0v) is 12.4. The van der Waals surface area contributed by atoms with E-state index in [2.05, 4.69) is 18.3 Å². The van der Waals surface area contributed by atoms with Gasteiger partial charge in [0.15, 0.2) is 0 Å². The Bertz CT molecular complexity index is 422. The lowest BCUT2D eigenvalue weighted by Crippen LogP contribution is -2.23. The second kappa shape index (κ2) is 7.62. The fourth-order valence-electron chi connectivity index (χ4n) is 2.70. The highest BCUT2D eigenvalue weighted by molar-refractivity contribution is 5.45. The maximum absolute atomic E-state index is 9.76. The van der Waals surface area contributed by atoms with Crippen LogP contribution in [0.5, 0.6) is 5.75 Å². The molecular weight excluding hydrogens is 254 g/mol. The molecule has 0 aromatic heterocycles. The molecule has 1 aromatic rings. The Hall–Kier alpha value is -1.10. The zero-order valence-electron chi connectivity index (χ0n) is 12.4. The van der Waals surface area contributed by atoms with Gasteiger partial charge in [0.25, 0.3) is 0 Å². The zero-order chi connectivity index (χ0) is 14.4. The average molecular weight is 279 g/mol. The molecule has 0 heterocycles. The number of aliphatic hydroxyl groups excluding tert-OH is 1. The molecule has 1 aliphatic rings. The normalized spacial score (nSPS) is 18.9. The summed E-state index contributed by atoms with van der Waals surface area (Å²) in [6.45, 7) is 6.24. The van der Waals surface area contributed by atoms with Crippen LogP contribution < -0.4 is 10.1 Å². The Morgan fingerprint density at radius 1 is 1.35 bits per heavy atom. The summed E-state index contributed by atoms with van der Waals surface area (Å²) in [5.74, 6) is 0.901. The van der Waals surface area contributed by atoms with Crippen LogP contribution >= 0.6 is 0 Å². The van der Waals surface area contributed by atoms with Gasteiger partial charge in [-0.25, -0.2) is 0 Å². The predicted molar refractivity (Wildman–Crippen MR) is 79.2 cm³/mol. The van der Waals surface area contributed by atoms with Gasteiger partial charge >= 0.3 is 0 Å². The molecule has 2 unspecified atom stereocenters. The van der Waals surface area contributed by atoms with Crippen molar-refractivity contribution < 1.29 is 14.6 Å². The largest absolute Gasteiger partial charge is 0.491 e. The molecule has 0 bridgehead atoms. The molecule has 0 amide bonds. The Balaban J connectivity index is 1.96. The molecule has 2 atom stereocenters. The van der Waals surface area contributed by atoms with E-state index in [4.69, 9.17) is 9.47 Å². The van der Waals surface area contributed by atoms with Crippen molar-refractivity contribution in [3.8, 4) is 5.75 Å². The lowest BCUT2D eigenvalue weighted by Gasteiger charge is -2.16. The van der Waals surface area contributed by atoms with Crippen molar-refractivity contribution in [2.24, 2.45) is 0 Å². The number of nitrogens with one attached hydrogen (secondary N) is 1. The van der Waals surface area contributed by atoms with E-state index in [0.29, 0.717) is 19.3 Å². The highest BCUT2D eigenvalue weighted by Crippen LogP contribution is 2.36. The monoisotopic (exact) mass is 279 g/mol. The number of fused-ring (bicyclic) bond motifs is 1. The molecule has 2 rings (SSSR count). The van der Waals surface area contributed by atoms with Gasteiger partial charge in [0.1, 0.15) is 18.5 Å². The number of hydrogen-bond acceptors (Lipinski definition) is 4. The van der Waals surface area contributed by atoms with Gasteiger partial charge in [0.2, 0.25) is 0 Å². The number of benzene rings is 1. The highest BCUT2D eigenvalue weighted by atomic mass is 16.5. The first-order chi connectivity index (χ1) is 9.76. The van der Waals surface area contributed by atoms with Gasteiger partial charge in [-0.3, -0.25) is 0 Å². The number of hydrogen-bond donors (Lipinski definition) is 2. The van der Waals surface area contributed by atoms with Crippen LogP contribution in [0.1, 0.15) is 37.4 Å². The predicted octanol–water partition coefficient (Wildman–Crippen LogP) is 2.06. The van der Waals surface area contributed by atoms with E-state index >= 15 is 0 Å². The minimum absolute atomic E-state index is 0.280. The summed E-state index contributed by atoms with van der Waals surface area (Å²) in [4.78, 5) is 0. The third-order valence-corrected chi connectivity index (χ3v) is 3.62. The molecule has 1 aliphatic carbocycles. The van der Waals surface area contributed by atoms with Crippen molar-refractivity contribution in [2.45, 2.75) is 38.8 Å². The van der Waals surface area contributed by atoms with Gasteiger partial charge in [-0.05, 0) is 43.5 Å². The van der Waals surface area contributed by atoms with Crippen LogP contribution in [0.4, 0.5) is 0 Å². The van der Waals surface area contributed by atoms with Gasteiger partial charge in [-0.1, -0.05) is 19.1 Å². The molecule has 1 aromatic carbocycles. The van der Waals surface area contributed by atoms with E-state index in [1.165, 1.54) is 11.1 Å². The quantitative estimate of drug-likeness (QED) is 0.765. The summed E-state index contributed by atoms with van der Waals surface area (Å²) in [7, 11) is 0. The Kier molecular flexibility index (Phi) is 5.83. The van der Waals surface area contributed by atoms with Crippen molar-refractivity contribution in [2.75, 3.05) is 26.4 Å². The maximum atomic E-state index is 9.76. The average Bonchev–Trinajstić information content (AvgIpc) is 2.87. The van der Waals surface area contributed by atoms with Gasteiger partial charge < -0.3 is 19.9 Å². The molecular formula is C16H25NO3. The van der Waals surface area contributed by atoms with E-state index in [0.717, 1.165) is 25.1 Å². The van der Waals surface area contributed by atoms with Crippen molar-refractivity contribution in [3.63, 3.8) is 0 Å². The minimum atomic E-state index is -0.572. The summed E-state index contributed by atoms with van der Waals surface area (Å²) >= 11 is 0. The van der Waals surface area contributed by atoms with Crippen LogP contribution in [0, 0.1) is 0 Å². The van der Waals surface area contributed by atoms with Gasteiger partial charge in [-0.2, -0.15) is 0 Å². The molecule has 2 N–H and O–H groups in total. The standard InChI is InChI=1S/C16H25NO3/c1-3-17-15-9-8-14-13(15)6-5-7-16(14)20-11-12(18)10-19-4-2/h5-7,12,15,17-18H,3-4,8-11H2,1-2H3. The molecule has 0 fully saturated rings. The summed E-state index contributed by atoms with van der Waals surface area (Å²) in [5.41, 5.74) is 2.62. The first-order valence-corrected chi connectivity index (χ1v) is 7.50. The molecule has 0 radical (unpaired) electrons. The highest BCUT2D eigenvalue weighted by Gasteiger charge is 2.24. The molecule has 0 saturated heterocycles. The first kappa shape index (κ1) is 15.3. The van der Waals surface area contributed by atoms with E-state index in [1.54, 1.807) is 0 Å². The van der Waals surface area contributed by atoms with Crippen molar-refractivity contribution >= 4 is 0 Å². The SMILES string of the molecule is CCNC1CCc2c(OCC(O)COCC)cccc21. The summed E-state index contributed by atoms with van der Waals surface area (Å²) in [5, 5.41) is 13.3. The Morgan fingerprint density at radius 2 is 2.20 bits per heavy atom. The Morgan fingerprint density at radius 3 is 2.95 bits per heavy atom. The molecule has 20 heavy (non-hydrogen) atoms. The van der Waals surface area contributed by atoms with Crippen LogP contribution in [-0.4, -0.2) is 37.6 Å². The van der Waals surface area contributed by atoms with Crippen LogP contribution in [0.15, 0.2) is 18.2 Å². The van der Waals surface area contributed by atoms with Crippen LogP contribution in [0.25, 0.3) is 0 Å². The summed E-state index contributed by atoms with van der Waals surface area (Å²) < 4.78 is 11.0. The lowest BCUT2D eigenvalue weighted by atomic mass is 10.1. The fraction of sp³-hybridized carbons (Fsp3) is 0.625. The number of aliphatic hydroxyl groups is 1. The molecule has 0 aliphatic heterocycles. The second-order valence-electron chi connectivity index (χ2n) is 5.10. The van der Waals surface area contributed by atoms with Crippen LogP contribution in [0.3, 0.4) is 0 Å². The number of ether oxygens (including phenoxy) is 2. The van der Waals surface area contributed by atoms with Crippen LogP contribution in [-0.2, 0) is 11.2 Å². The number of rotatable bonds is 8. The molecule has 4 heteroatoms. The van der Waals surface area contributed by atoms with Crippen molar-refractivity contribution in [3.05, 3.63) is 29.3 Å². The van der Waals surface area contributed by atoms with Crippen LogP contribution in [0.2, 0.25) is 0 Å². The van der Waals surface area contributed by atoms with Crippen molar-refractivity contribution in [1.82, 2.24) is 5.32 Å². The van der Waals surface area contributed by atoms with E-state index < -0.39 is 6.10 Å². The summed E-state index contributed by atoms with van der Waals surface area (Å²) in [6.07, 6.45) is 1.58. The fourth-order valence-corrected chi connectivity index (χ4v) is 2.70. The second-order valence-corrected chi connectivity index (χ2v) is 5.10. The van der Waals surface area contributed by atoms with Gasteiger partial charge in [-0.15, -0.1) is 0 Å². The van der Waals surface area contributed by atoms with Crippen molar-refractivity contribution in [1.29, 1.82) is 0 Å². The topological polar surface area (TPSA) is 50.7 Å².